The van der Waals surface area contributed by atoms with E-state index in [-0.39, 0.29) is 0 Å². The molecule has 19 heavy (non-hydrogen) atoms. The van der Waals surface area contributed by atoms with Gasteiger partial charge in [-0.05, 0) is 40.0 Å². The molecular weight excluding hydrogens is 228 g/mol. The van der Waals surface area contributed by atoms with Crippen LogP contribution in [0.15, 0.2) is 48.5 Å². The second-order valence-electron chi connectivity index (χ2n) is 4.79. The molecule has 0 fully saturated rings. The van der Waals surface area contributed by atoms with E-state index in [0.29, 0.717) is 5.92 Å². The van der Waals surface area contributed by atoms with Crippen molar-refractivity contribution in [2.24, 2.45) is 5.92 Å². The van der Waals surface area contributed by atoms with Crippen LogP contribution in [0.2, 0.25) is 0 Å². The zero-order chi connectivity index (χ0) is 13.7. The van der Waals surface area contributed by atoms with E-state index >= 15 is 0 Å². The van der Waals surface area contributed by atoms with E-state index in [1.165, 1.54) is 21.6 Å². The predicted octanol–water partition coefficient (Wildman–Crippen LogP) is 3.98. The highest BCUT2D eigenvalue weighted by atomic mass is 14.1. The summed E-state index contributed by atoms with van der Waals surface area (Å²) in [6, 6.07) is 17.3. The molecule has 3 rings (SSSR count). The van der Waals surface area contributed by atoms with Gasteiger partial charge in [0.25, 0.3) is 0 Å². The molecule has 98 valence electrons. The van der Waals surface area contributed by atoms with Gasteiger partial charge >= 0.3 is 0 Å². The number of hydrogen-bond acceptors (Lipinski definition) is 0. The summed E-state index contributed by atoms with van der Waals surface area (Å²) < 4.78 is 0. The normalized spacial score (nSPS) is 16.3. The van der Waals surface area contributed by atoms with Crippen molar-refractivity contribution in [3.63, 3.8) is 0 Å². The Labute approximate surface area is 116 Å². The topological polar surface area (TPSA) is 0 Å². The third-order valence-electron chi connectivity index (χ3n) is 3.37. The monoisotopic (exact) mass is 250 g/mol. The van der Waals surface area contributed by atoms with Crippen LogP contribution >= 0.6 is 0 Å². The average molecular weight is 250 g/mol. The summed E-state index contributed by atoms with van der Waals surface area (Å²) >= 11 is 0. The fourth-order valence-corrected chi connectivity index (χ4v) is 2.40. The lowest BCUT2D eigenvalue weighted by Crippen LogP contribution is -2.28. The minimum absolute atomic E-state index is 0.671. The van der Waals surface area contributed by atoms with Crippen LogP contribution in [-0.2, 0) is 0 Å². The van der Waals surface area contributed by atoms with Gasteiger partial charge in [0, 0.05) is 0 Å². The van der Waals surface area contributed by atoms with Crippen molar-refractivity contribution >= 4 is 12.2 Å². The maximum absolute atomic E-state index is 2.37. The first-order valence-electron chi connectivity index (χ1n) is 7.20. The van der Waals surface area contributed by atoms with E-state index in [0.717, 1.165) is 6.42 Å². The highest BCUT2D eigenvalue weighted by molar-refractivity contribution is 5.64. The van der Waals surface area contributed by atoms with Crippen LogP contribution in [0, 0.1) is 5.92 Å². The smallest absolute Gasteiger partial charge is 0.0178 e. The van der Waals surface area contributed by atoms with Crippen LogP contribution in [0.1, 0.15) is 27.2 Å². The van der Waals surface area contributed by atoms with Crippen LogP contribution in [0.4, 0.5) is 0 Å². The Hall–Kier alpha value is -1.82. The average Bonchev–Trinajstić information content (AvgIpc) is 2.49. The van der Waals surface area contributed by atoms with Gasteiger partial charge in [-0.15, -0.1) is 0 Å². The van der Waals surface area contributed by atoms with E-state index in [4.69, 9.17) is 0 Å². The second kappa shape index (κ2) is 6.38. The first-order chi connectivity index (χ1) is 9.33. The van der Waals surface area contributed by atoms with Crippen LogP contribution in [0.3, 0.4) is 0 Å². The summed E-state index contributed by atoms with van der Waals surface area (Å²) in [6.07, 6.45) is 5.88. The molecule has 1 unspecified atom stereocenters. The van der Waals surface area contributed by atoms with Crippen molar-refractivity contribution in [2.75, 3.05) is 0 Å². The number of benzene rings is 2. The van der Waals surface area contributed by atoms with Crippen LogP contribution < -0.4 is 10.4 Å². The molecule has 1 atom stereocenters. The first kappa shape index (κ1) is 13.6. The Balaban J connectivity index is 0.000000637. The molecule has 0 N–H and O–H groups in total. The van der Waals surface area contributed by atoms with Gasteiger partial charge in [0.1, 0.15) is 0 Å². The summed E-state index contributed by atoms with van der Waals surface area (Å²) in [5.41, 5.74) is 2.60. The van der Waals surface area contributed by atoms with Gasteiger partial charge in [-0.25, -0.2) is 0 Å². The summed E-state index contributed by atoms with van der Waals surface area (Å²) in [6.45, 7) is 6.27. The number of fused-ring (bicyclic) bond motifs is 1. The fourth-order valence-electron chi connectivity index (χ4n) is 2.40. The molecule has 0 spiro atoms. The highest BCUT2D eigenvalue weighted by Gasteiger charge is 2.02. The molecule has 1 aliphatic carbocycles. The SMILES string of the molecule is CC.CC1C=c2ccc(-c3ccccc3)cc2=CC1. The molecule has 0 saturated heterocycles. The van der Waals surface area contributed by atoms with Crippen molar-refractivity contribution in [2.45, 2.75) is 27.2 Å². The van der Waals surface area contributed by atoms with Gasteiger partial charge in [-0.1, -0.05) is 75.4 Å². The summed E-state index contributed by atoms with van der Waals surface area (Å²) in [4.78, 5) is 0. The van der Waals surface area contributed by atoms with Gasteiger partial charge in [0.15, 0.2) is 0 Å². The lowest BCUT2D eigenvalue weighted by Gasteiger charge is -2.09. The maximum atomic E-state index is 2.37. The molecule has 1 aliphatic rings. The molecule has 2 aromatic rings. The zero-order valence-corrected chi connectivity index (χ0v) is 12.1. The third kappa shape index (κ3) is 3.14. The number of hydrogen-bond donors (Lipinski definition) is 0. The van der Waals surface area contributed by atoms with Crippen molar-refractivity contribution in [1.29, 1.82) is 0 Å². The van der Waals surface area contributed by atoms with Crippen molar-refractivity contribution < 1.29 is 0 Å². The number of rotatable bonds is 1. The molecule has 0 heterocycles. The Morgan fingerprint density at radius 2 is 1.58 bits per heavy atom. The standard InChI is InChI=1S/C17H16.C2H6/c1-13-7-8-17-12-16(10-9-15(17)11-13)14-5-3-2-4-6-14;1-2/h2-6,8-13H,7H2,1H3;1-2H3. The Morgan fingerprint density at radius 3 is 2.32 bits per heavy atom. The highest BCUT2D eigenvalue weighted by Crippen LogP contribution is 2.16. The molecular formula is C19H22. The summed E-state index contributed by atoms with van der Waals surface area (Å²) in [7, 11) is 0. The minimum atomic E-state index is 0.671. The molecule has 0 aliphatic heterocycles. The summed E-state index contributed by atoms with van der Waals surface area (Å²) in [5, 5.41) is 2.76. The van der Waals surface area contributed by atoms with Gasteiger partial charge in [-0.2, -0.15) is 0 Å². The van der Waals surface area contributed by atoms with Gasteiger partial charge in [-0.3, -0.25) is 0 Å². The Morgan fingerprint density at radius 1 is 0.842 bits per heavy atom. The molecule has 0 nitrogen and oxygen atoms in total. The van der Waals surface area contributed by atoms with E-state index in [2.05, 4.69) is 67.6 Å². The molecule has 0 amide bonds. The van der Waals surface area contributed by atoms with Gasteiger partial charge in [0.2, 0.25) is 0 Å². The van der Waals surface area contributed by atoms with Crippen LogP contribution in [0.25, 0.3) is 23.3 Å². The molecule has 0 bridgehead atoms. The molecule has 0 aromatic heterocycles. The van der Waals surface area contributed by atoms with Gasteiger partial charge in [0.05, 0.1) is 0 Å². The van der Waals surface area contributed by atoms with Crippen LogP contribution in [0.5, 0.6) is 0 Å². The Bertz CT molecular complexity index is 635. The van der Waals surface area contributed by atoms with E-state index in [9.17, 15) is 0 Å². The first-order valence-corrected chi connectivity index (χ1v) is 7.20. The molecule has 0 heteroatoms. The van der Waals surface area contributed by atoms with E-state index in [1.54, 1.807) is 0 Å². The minimum Gasteiger partial charge on any atom is -0.0761 e. The summed E-state index contributed by atoms with van der Waals surface area (Å²) in [5.74, 6) is 0.671. The van der Waals surface area contributed by atoms with Crippen molar-refractivity contribution in [3.05, 3.63) is 59.0 Å². The molecule has 0 saturated carbocycles. The molecule has 0 radical (unpaired) electrons. The van der Waals surface area contributed by atoms with Crippen LogP contribution in [-0.4, -0.2) is 0 Å². The van der Waals surface area contributed by atoms with E-state index < -0.39 is 0 Å². The third-order valence-corrected chi connectivity index (χ3v) is 3.37. The lowest BCUT2D eigenvalue weighted by molar-refractivity contribution is 0.800. The van der Waals surface area contributed by atoms with Crippen molar-refractivity contribution in [1.82, 2.24) is 0 Å². The largest absolute Gasteiger partial charge is 0.0761 e. The lowest BCUT2D eigenvalue weighted by atomic mass is 9.96. The predicted molar refractivity (Wildman–Crippen MR) is 85.2 cm³/mol. The maximum Gasteiger partial charge on any atom is -0.0178 e. The second-order valence-corrected chi connectivity index (χ2v) is 4.79. The van der Waals surface area contributed by atoms with Crippen molar-refractivity contribution in [3.8, 4) is 11.1 Å². The van der Waals surface area contributed by atoms with E-state index in [1.807, 2.05) is 13.8 Å². The molecule has 2 aromatic carbocycles. The van der Waals surface area contributed by atoms with Gasteiger partial charge < -0.3 is 0 Å². The fraction of sp³-hybridized carbons (Fsp3) is 0.263. The Kier molecular flexibility index (Phi) is 4.57. The zero-order valence-electron chi connectivity index (χ0n) is 12.1. The quantitative estimate of drug-likeness (QED) is 0.718.